The van der Waals surface area contributed by atoms with Crippen molar-refractivity contribution < 1.29 is 24.2 Å². The molecule has 0 spiro atoms. The molecule has 0 unspecified atom stereocenters. The molecule has 194 valence electrons. The molecular formula is C27H36N4O5. The number of aliphatic hydroxyl groups is 1. The van der Waals surface area contributed by atoms with Crippen LogP contribution < -0.4 is 10.2 Å². The second kappa shape index (κ2) is 9.43. The van der Waals surface area contributed by atoms with Gasteiger partial charge in [0.05, 0.1) is 6.54 Å². The van der Waals surface area contributed by atoms with E-state index in [0.29, 0.717) is 18.4 Å². The number of carbonyl (C=O) groups excluding carboxylic acids is 3. The largest absolute Gasteiger partial charge is 0.388 e. The van der Waals surface area contributed by atoms with Crippen LogP contribution in [-0.2, 0) is 14.3 Å². The maximum absolute atomic E-state index is 13.8. The number of ether oxygens (including phenoxy) is 1. The second-order valence-corrected chi connectivity index (χ2v) is 11.1. The smallest absolute Gasteiger partial charge is 0.252 e. The average Bonchev–Trinajstić information content (AvgIpc) is 3.61. The number of nitrogens with one attached hydrogen (secondary N) is 1. The number of rotatable bonds is 5. The van der Waals surface area contributed by atoms with Crippen molar-refractivity contribution in [3.8, 4) is 0 Å². The van der Waals surface area contributed by atoms with Gasteiger partial charge in [-0.3, -0.25) is 19.3 Å². The summed E-state index contributed by atoms with van der Waals surface area (Å²) in [6, 6.07) is 7.69. The monoisotopic (exact) mass is 496 g/mol. The van der Waals surface area contributed by atoms with Gasteiger partial charge in [0.15, 0.2) is 5.78 Å². The Balaban J connectivity index is 1.15. The van der Waals surface area contributed by atoms with E-state index in [-0.39, 0.29) is 30.7 Å². The molecule has 3 aliphatic heterocycles. The SMILES string of the molecule is O=C(NC1(C(=O)N2C[C@H](O)[C@H]3OCC(=O)[C@H]32)CCCCC1)c1ccc(N2CCN(C3CC3)CC2)cc1. The molecule has 2 amide bonds. The molecule has 36 heavy (non-hydrogen) atoms. The van der Waals surface area contributed by atoms with Crippen LogP contribution in [0, 0.1) is 0 Å². The molecule has 1 aromatic rings. The number of piperazine rings is 1. The van der Waals surface area contributed by atoms with Crippen LogP contribution in [0.4, 0.5) is 5.69 Å². The highest BCUT2D eigenvalue weighted by Gasteiger charge is 2.55. The van der Waals surface area contributed by atoms with E-state index in [1.54, 1.807) is 0 Å². The molecule has 9 nitrogen and oxygen atoms in total. The third kappa shape index (κ3) is 4.31. The lowest BCUT2D eigenvalue weighted by Crippen LogP contribution is -2.62. The van der Waals surface area contributed by atoms with Gasteiger partial charge >= 0.3 is 0 Å². The summed E-state index contributed by atoms with van der Waals surface area (Å²) in [5.41, 5.74) is 0.569. The highest BCUT2D eigenvalue weighted by Crippen LogP contribution is 2.35. The van der Waals surface area contributed by atoms with Crippen molar-refractivity contribution in [1.29, 1.82) is 0 Å². The average molecular weight is 497 g/mol. The number of anilines is 1. The third-order valence-corrected chi connectivity index (χ3v) is 8.76. The standard InChI is InChI=1S/C27H36N4O5/c32-21-16-31(23-22(33)17-36-24(21)23)26(35)27(10-2-1-3-11-27)28-25(34)18-4-6-19(7-5-18)29-12-14-30(15-13-29)20-8-9-20/h4-7,20-21,23-24,32H,1-3,8-17H2,(H,28,34)/t21-,23+,24+/m0/s1. The van der Waals surface area contributed by atoms with E-state index in [1.807, 2.05) is 24.3 Å². The van der Waals surface area contributed by atoms with Gasteiger partial charge in [0.25, 0.3) is 5.91 Å². The van der Waals surface area contributed by atoms with Crippen LogP contribution in [0.25, 0.3) is 0 Å². The second-order valence-electron chi connectivity index (χ2n) is 11.1. The summed E-state index contributed by atoms with van der Waals surface area (Å²) in [5, 5.41) is 13.5. The van der Waals surface area contributed by atoms with Crippen molar-refractivity contribution in [2.45, 2.75) is 74.8 Å². The minimum Gasteiger partial charge on any atom is -0.388 e. The Hall–Kier alpha value is -2.49. The minimum absolute atomic E-state index is 0.0558. The lowest BCUT2D eigenvalue weighted by atomic mass is 9.80. The number of aliphatic hydroxyl groups excluding tert-OH is 1. The molecule has 0 bridgehead atoms. The first-order chi connectivity index (χ1) is 17.4. The van der Waals surface area contributed by atoms with Crippen molar-refractivity contribution >= 4 is 23.3 Å². The zero-order valence-electron chi connectivity index (χ0n) is 20.7. The van der Waals surface area contributed by atoms with E-state index in [4.69, 9.17) is 4.74 Å². The normalized spacial score (nSPS) is 30.4. The summed E-state index contributed by atoms with van der Waals surface area (Å²) >= 11 is 0. The van der Waals surface area contributed by atoms with Crippen molar-refractivity contribution in [1.82, 2.24) is 15.1 Å². The molecule has 3 saturated heterocycles. The van der Waals surface area contributed by atoms with E-state index >= 15 is 0 Å². The van der Waals surface area contributed by atoms with Gasteiger partial charge in [0.2, 0.25) is 5.91 Å². The van der Waals surface area contributed by atoms with Gasteiger partial charge in [0, 0.05) is 43.5 Å². The summed E-state index contributed by atoms with van der Waals surface area (Å²) < 4.78 is 5.45. The Bertz CT molecular complexity index is 1010. The van der Waals surface area contributed by atoms with Crippen LogP contribution in [0.2, 0.25) is 0 Å². The number of carbonyl (C=O) groups is 3. The zero-order valence-corrected chi connectivity index (χ0v) is 20.7. The summed E-state index contributed by atoms with van der Waals surface area (Å²) in [6.07, 6.45) is 4.82. The summed E-state index contributed by atoms with van der Waals surface area (Å²) in [4.78, 5) is 46.0. The number of likely N-dealkylation sites (tertiary alicyclic amines) is 1. The van der Waals surface area contributed by atoms with Crippen molar-refractivity contribution in [3.05, 3.63) is 29.8 Å². The number of Topliss-reactive ketones (excluding diaryl/α,β-unsaturated/α-hetero) is 1. The zero-order chi connectivity index (χ0) is 24.9. The molecule has 3 heterocycles. The van der Waals surface area contributed by atoms with Gasteiger partial charge in [-0.2, -0.15) is 0 Å². The summed E-state index contributed by atoms with van der Waals surface area (Å²) in [6.45, 7) is 4.12. The quantitative estimate of drug-likeness (QED) is 0.626. The highest BCUT2D eigenvalue weighted by atomic mass is 16.5. The summed E-state index contributed by atoms with van der Waals surface area (Å²) in [7, 11) is 0. The molecule has 2 saturated carbocycles. The number of nitrogens with zero attached hydrogens (tertiary/aromatic N) is 3. The summed E-state index contributed by atoms with van der Waals surface area (Å²) in [5.74, 6) is -0.734. The van der Waals surface area contributed by atoms with Crippen LogP contribution in [0.15, 0.2) is 24.3 Å². The molecular weight excluding hydrogens is 460 g/mol. The van der Waals surface area contributed by atoms with Gasteiger partial charge in [-0.05, 0) is 49.9 Å². The van der Waals surface area contributed by atoms with Gasteiger partial charge in [-0.1, -0.05) is 19.3 Å². The number of hydrogen-bond acceptors (Lipinski definition) is 7. The van der Waals surface area contributed by atoms with Crippen LogP contribution in [-0.4, -0.2) is 102 Å². The van der Waals surface area contributed by atoms with Crippen LogP contribution in [0.5, 0.6) is 0 Å². The van der Waals surface area contributed by atoms with Crippen LogP contribution in [0.3, 0.4) is 0 Å². The topological polar surface area (TPSA) is 102 Å². The van der Waals surface area contributed by atoms with Gasteiger partial charge in [-0.25, -0.2) is 0 Å². The number of ketones is 1. The molecule has 0 radical (unpaired) electrons. The fourth-order valence-electron chi connectivity index (χ4n) is 6.56. The maximum Gasteiger partial charge on any atom is 0.252 e. The molecule has 2 N–H and O–H groups in total. The third-order valence-electron chi connectivity index (χ3n) is 8.76. The molecule has 1 aromatic carbocycles. The molecule has 3 atom stereocenters. The van der Waals surface area contributed by atoms with E-state index < -0.39 is 23.8 Å². The Kier molecular flexibility index (Phi) is 6.25. The first-order valence-corrected chi connectivity index (χ1v) is 13.5. The molecule has 2 aliphatic carbocycles. The predicted molar refractivity (Wildman–Crippen MR) is 133 cm³/mol. The molecule has 6 rings (SSSR count). The predicted octanol–water partition coefficient (Wildman–Crippen LogP) is 0.943. The van der Waals surface area contributed by atoms with E-state index in [0.717, 1.165) is 57.2 Å². The van der Waals surface area contributed by atoms with Crippen LogP contribution in [0.1, 0.15) is 55.3 Å². The van der Waals surface area contributed by atoms with Crippen molar-refractivity contribution in [3.63, 3.8) is 0 Å². The number of amides is 2. The molecule has 0 aromatic heterocycles. The fourth-order valence-corrected chi connectivity index (χ4v) is 6.56. The lowest BCUT2D eigenvalue weighted by molar-refractivity contribution is -0.143. The fraction of sp³-hybridized carbons (Fsp3) is 0.667. The highest BCUT2D eigenvalue weighted by molar-refractivity contribution is 6.01. The first-order valence-electron chi connectivity index (χ1n) is 13.5. The Morgan fingerprint density at radius 1 is 1.00 bits per heavy atom. The number of β-amino-alcohol motifs (C(OH)–C–C–N with tert-alkyl or cyclic N) is 1. The Morgan fingerprint density at radius 2 is 1.69 bits per heavy atom. The maximum atomic E-state index is 13.8. The Morgan fingerprint density at radius 3 is 2.36 bits per heavy atom. The number of benzene rings is 1. The van der Waals surface area contributed by atoms with Crippen LogP contribution >= 0.6 is 0 Å². The number of hydrogen-bond donors (Lipinski definition) is 2. The van der Waals surface area contributed by atoms with Gasteiger partial charge in [-0.15, -0.1) is 0 Å². The van der Waals surface area contributed by atoms with E-state index in [2.05, 4.69) is 15.1 Å². The molecule has 5 aliphatic rings. The lowest BCUT2D eigenvalue weighted by Gasteiger charge is -2.40. The van der Waals surface area contributed by atoms with E-state index in [9.17, 15) is 19.5 Å². The van der Waals surface area contributed by atoms with Crippen molar-refractivity contribution in [2.75, 3.05) is 44.2 Å². The van der Waals surface area contributed by atoms with E-state index in [1.165, 1.54) is 17.7 Å². The molecule has 5 fully saturated rings. The van der Waals surface area contributed by atoms with Crippen molar-refractivity contribution in [2.24, 2.45) is 0 Å². The van der Waals surface area contributed by atoms with Gasteiger partial charge in [0.1, 0.15) is 30.4 Å². The first kappa shape index (κ1) is 23.9. The Labute approximate surface area is 211 Å². The molecule has 9 heteroatoms. The minimum atomic E-state index is -1.06. The van der Waals surface area contributed by atoms with Gasteiger partial charge < -0.3 is 25.0 Å². The number of fused-ring (bicyclic) bond motifs is 1.